The number of nitrogens with zero attached hydrogens (tertiary/aromatic N) is 1. The van der Waals surface area contributed by atoms with Crippen LogP contribution in [0.2, 0.25) is 5.02 Å². The van der Waals surface area contributed by atoms with E-state index >= 15 is 0 Å². The fourth-order valence-electron chi connectivity index (χ4n) is 3.48. The molecule has 0 aromatic heterocycles. The van der Waals surface area contributed by atoms with Gasteiger partial charge < -0.3 is 5.11 Å². The Morgan fingerprint density at radius 3 is 2.59 bits per heavy atom. The lowest BCUT2D eigenvalue weighted by Gasteiger charge is -2.31. The summed E-state index contributed by atoms with van der Waals surface area (Å²) in [5.74, 6) is -0.146. The topological polar surface area (TPSA) is 44.6 Å². The van der Waals surface area contributed by atoms with E-state index in [9.17, 15) is 9.50 Å². The lowest BCUT2D eigenvalue weighted by atomic mass is 9.93. The molecule has 1 heterocycles. The quantitative estimate of drug-likeness (QED) is 0.457. The molecule has 2 atom stereocenters. The van der Waals surface area contributed by atoms with Gasteiger partial charge in [0.15, 0.2) is 0 Å². The lowest BCUT2D eigenvalue weighted by molar-refractivity contribution is 0.412. The summed E-state index contributed by atoms with van der Waals surface area (Å²) >= 11 is 9.43. The summed E-state index contributed by atoms with van der Waals surface area (Å²) in [4.78, 5) is 4.90. The highest BCUT2D eigenvalue weighted by molar-refractivity contribution is 9.10. The third-order valence-electron chi connectivity index (χ3n) is 5.05. The Kier molecular flexibility index (Phi) is 5.72. The van der Waals surface area contributed by atoms with E-state index < -0.39 is 0 Å². The molecule has 0 fully saturated rings. The van der Waals surface area contributed by atoms with Gasteiger partial charge >= 0.3 is 0 Å². The number of phenols is 1. The summed E-state index contributed by atoms with van der Waals surface area (Å²) in [5, 5.41) is 14.4. The Bertz CT molecular complexity index is 1080. The van der Waals surface area contributed by atoms with E-state index in [0.717, 1.165) is 16.8 Å². The van der Waals surface area contributed by atoms with Gasteiger partial charge in [0.05, 0.1) is 4.47 Å². The molecule has 1 aliphatic rings. The predicted molar refractivity (Wildman–Crippen MR) is 118 cm³/mol. The van der Waals surface area contributed by atoms with Gasteiger partial charge in [-0.15, -0.1) is 0 Å². The molecule has 0 bridgehead atoms. The average molecular weight is 474 g/mol. The van der Waals surface area contributed by atoms with E-state index in [-0.39, 0.29) is 23.8 Å². The molecule has 1 aliphatic heterocycles. The molecule has 0 aliphatic carbocycles. The standard InChI is InChI=1S/C23H19BrClFN2O/c1-13-2-4-14(5-3-13)20-12-21(17-11-16(25)7-9-22(17)29)28-23(27-20)15-6-8-19(26)18(24)10-15/h2-11,21,23,28-29H,12H2,1H3/t21-,23+/m1/s1. The molecule has 0 radical (unpaired) electrons. The molecule has 0 spiro atoms. The number of benzene rings is 3. The van der Waals surface area contributed by atoms with Crippen molar-refractivity contribution in [3.63, 3.8) is 0 Å². The first-order valence-corrected chi connectivity index (χ1v) is 10.4. The van der Waals surface area contributed by atoms with E-state index in [1.165, 1.54) is 11.6 Å². The maximum Gasteiger partial charge on any atom is 0.137 e. The van der Waals surface area contributed by atoms with Crippen molar-refractivity contribution in [2.45, 2.75) is 25.6 Å². The van der Waals surface area contributed by atoms with E-state index in [1.807, 2.05) is 19.1 Å². The summed E-state index contributed by atoms with van der Waals surface area (Å²) in [6.45, 7) is 2.04. The van der Waals surface area contributed by atoms with Crippen molar-refractivity contribution in [2.24, 2.45) is 4.99 Å². The monoisotopic (exact) mass is 472 g/mol. The second-order valence-electron chi connectivity index (χ2n) is 7.14. The van der Waals surface area contributed by atoms with Crippen LogP contribution in [-0.2, 0) is 0 Å². The van der Waals surface area contributed by atoms with Gasteiger partial charge in [-0.2, -0.15) is 0 Å². The number of aromatic hydroxyl groups is 1. The smallest absolute Gasteiger partial charge is 0.137 e. The highest BCUT2D eigenvalue weighted by Crippen LogP contribution is 2.36. The molecular formula is C23H19BrClFN2O. The van der Waals surface area contributed by atoms with Crippen LogP contribution >= 0.6 is 27.5 Å². The Morgan fingerprint density at radius 1 is 1.10 bits per heavy atom. The van der Waals surface area contributed by atoms with Gasteiger partial charge in [-0.3, -0.25) is 10.3 Å². The molecule has 0 saturated heterocycles. The van der Waals surface area contributed by atoms with E-state index in [2.05, 4.69) is 33.4 Å². The summed E-state index contributed by atoms with van der Waals surface area (Å²) < 4.78 is 14.1. The Balaban J connectivity index is 1.78. The molecule has 29 heavy (non-hydrogen) atoms. The third kappa shape index (κ3) is 4.37. The Hall–Kier alpha value is -2.21. The van der Waals surface area contributed by atoms with E-state index in [0.29, 0.717) is 21.5 Å². The number of aryl methyl sites for hydroxylation is 1. The van der Waals surface area contributed by atoms with Crippen LogP contribution in [0.4, 0.5) is 4.39 Å². The molecule has 3 aromatic carbocycles. The predicted octanol–water partition coefficient (Wildman–Crippen LogP) is 6.48. The van der Waals surface area contributed by atoms with Gasteiger partial charge in [-0.1, -0.05) is 47.5 Å². The molecule has 0 saturated carbocycles. The molecule has 2 N–H and O–H groups in total. The van der Waals surface area contributed by atoms with Crippen molar-refractivity contribution in [2.75, 3.05) is 0 Å². The van der Waals surface area contributed by atoms with Crippen LogP contribution in [0, 0.1) is 12.7 Å². The molecule has 148 valence electrons. The van der Waals surface area contributed by atoms with Crippen LogP contribution in [0.25, 0.3) is 0 Å². The highest BCUT2D eigenvalue weighted by atomic mass is 79.9. The van der Waals surface area contributed by atoms with Gasteiger partial charge in [0.2, 0.25) is 0 Å². The fourth-order valence-corrected chi connectivity index (χ4v) is 4.06. The zero-order chi connectivity index (χ0) is 20.5. The summed E-state index contributed by atoms with van der Waals surface area (Å²) in [6.07, 6.45) is 0.205. The molecule has 3 nitrogen and oxygen atoms in total. The molecule has 6 heteroatoms. The minimum atomic E-state index is -0.389. The maximum atomic E-state index is 13.7. The fraction of sp³-hybridized carbons (Fsp3) is 0.174. The number of nitrogens with one attached hydrogen (secondary N) is 1. The third-order valence-corrected chi connectivity index (χ3v) is 5.89. The second kappa shape index (κ2) is 8.27. The van der Waals surface area contributed by atoms with E-state index in [1.54, 1.807) is 30.3 Å². The zero-order valence-corrected chi connectivity index (χ0v) is 18.0. The van der Waals surface area contributed by atoms with Crippen molar-refractivity contribution < 1.29 is 9.50 Å². The Labute approximate surface area is 182 Å². The number of aliphatic imine (C=N–C) groups is 1. The molecule has 0 unspecified atom stereocenters. The van der Waals surface area contributed by atoms with Crippen molar-refractivity contribution in [1.29, 1.82) is 0 Å². The SMILES string of the molecule is Cc1ccc(C2=N[C@H](c3ccc(F)c(Br)c3)N[C@@H](c3cc(Cl)ccc3O)C2)cc1. The van der Waals surface area contributed by atoms with Crippen molar-refractivity contribution >= 4 is 33.2 Å². The highest BCUT2D eigenvalue weighted by Gasteiger charge is 2.28. The lowest BCUT2D eigenvalue weighted by Crippen LogP contribution is -2.33. The Morgan fingerprint density at radius 2 is 1.86 bits per heavy atom. The van der Waals surface area contributed by atoms with Crippen LogP contribution in [0.1, 0.15) is 40.9 Å². The van der Waals surface area contributed by atoms with Gasteiger partial charge in [-0.25, -0.2) is 4.39 Å². The minimum Gasteiger partial charge on any atom is -0.508 e. The maximum absolute atomic E-state index is 13.7. The first-order chi connectivity index (χ1) is 13.9. The van der Waals surface area contributed by atoms with E-state index in [4.69, 9.17) is 16.6 Å². The first kappa shape index (κ1) is 20.1. The van der Waals surface area contributed by atoms with Crippen LogP contribution < -0.4 is 5.32 Å². The van der Waals surface area contributed by atoms with Crippen LogP contribution in [-0.4, -0.2) is 10.8 Å². The van der Waals surface area contributed by atoms with Gasteiger partial charge in [0, 0.05) is 28.8 Å². The molecule has 4 rings (SSSR count). The first-order valence-electron chi connectivity index (χ1n) is 9.24. The summed E-state index contributed by atoms with van der Waals surface area (Å²) in [5.41, 5.74) is 4.65. The van der Waals surface area contributed by atoms with Crippen LogP contribution in [0.15, 0.2) is 70.1 Å². The van der Waals surface area contributed by atoms with Crippen LogP contribution in [0.3, 0.4) is 0 Å². The number of hydrogen-bond donors (Lipinski definition) is 2. The van der Waals surface area contributed by atoms with Crippen molar-refractivity contribution in [3.05, 3.63) is 98.2 Å². The van der Waals surface area contributed by atoms with Gasteiger partial charge in [0.25, 0.3) is 0 Å². The van der Waals surface area contributed by atoms with Crippen molar-refractivity contribution in [1.82, 2.24) is 5.32 Å². The summed E-state index contributed by atoms with van der Waals surface area (Å²) in [6, 6.07) is 17.9. The largest absolute Gasteiger partial charge is 0.508 e. The van der Waals surface area contributed by atoms with Gasteiger partial charge in [0.1, 0.15) is 17.7 Å². The zero-order valence-electron chi connectivity index (χ0n) is 15.7. The number of halogens is 3. The van der Waals surface area contributed by atoms with Gasteiger partial charge in [-0.05, 0) is 64.3 Å². The second-order valence-corrected chi connectivity index (χ2v) is 8.44. The number of phenolic OH excluding ortho intramolecular Hbond substituents is 1. The number of hydrogen-bond acceptors (Lipinski definition) is 3. The molecule has 0 amide bonds. The molecular weight excluding hydrogens is 455 g/mol. The van der Waals surface area contributed by atoms with Crippen molar-refractivity contribution in [3.8, 4) is 5.75 Å². The number of rotatable bonds is 3. The normalized spacial score (nSPS) is 19.1. The summed E-state index contributed by atoms with van der Waals surface area (Å²) in [7, 11) is 0. The minimum absolute atomic E-state index is 0.177. The van der Waals surface area contributed by atoms with Crippen LogP contribution in [0.5, 0.6) is 5.75 Å². The molecule has 3 aromatic rings. The average Bonchev–Trinajstić information content (AvgIpc) is 2.72.